The van der Waals surface area contributed by atoms with E-state index in [0.29, 0.717) is 17.7 Å². The summed E-state index contributed by atoms with van der Waals surface area (Å²) in [6, 6.07) is 10.3. The van der Waals surface area contributed by atoms with Gasteiger partial charge in [-0.05, 0) is 24.1 Å². The molecule has 1 aromatic heterocycles. The van der Waals surface area contributed by atoms with Crippen molar-refractivity contribution < 1.29 is 24.3 Å². The minimum atomic E-state index is -0.393. The second-order valence-corrected chi connectivity index (χ2v) is 7.88. The highest BCUT2D eigenvalue weighted by atomic mass is 35.5. The van der Waals surface area contributed by atoms with Crippen LogP contribution in [-0.4, -0.2) is 59.0 Å². The van der Waals surface area contributed by atoms with E-state index in [1.165, 1.54) is 6.07 Å². The Morgan fingerprint density at radius 3 is 2.59 bits per heavy atom. The minimum absolute atomic E-state index is 0.00779. The van der Waals surface area contributed by atoms with Crippen molar-refractivity contribution in [3.05, 3.63) is 52.7 Å². The molecule has 0 bridgehead atoms. The standard InChI is InChI=1S/C23H24ClN3O5/c1-2-25-23(30)21-19(22(32-26-21)17-11-16(28)12-18(29)20(17)24)15-5-3-14(4-6-15)13-27-7-9-31-10-8-27/h3-6,11-12,28-29H,2,7-10,13H2,1H3,(H,25,30). The van der Waals surface area contributed by atoms with Crippen LogP contribution in [0.4, 0.5) is 0 Å². The summed E-state index contributed by atoms with van der Waals surface area (Å²) in [5.74, 6) is -0.701. The maximum Gasteiger partial charge on any atom is 0.274 e. The molecule has 1 saturated heterocycles. The predicted octanol–water partition coefficient (Wildman–Crippen LogP) is 3.66. The third-order valence-electron chi connectivity index (χ3n) is 5.28. The van der Waals surface area contributed by atoms with Crippen molar-refractivity contribution in [2.75, 3.05) is 32.8 Å². The molecule has 0 saturated carbocycles. The molecule has 32 heavy (non-hydrogen) atoms. The largest absolute Gasteiger partial charge is 0.508 e. The maximum atomic E-state index is 12.6. The van der Waals surface area contributed by atoms with Gasteiger partial charge in [0.2, 0.25) is 0 Å². The van der Waals surface area contributed by atoms with E-state index >= 15 is 0 Å². The van der Waals surface area contributed by atoms with Crippen LogP contribution in [0.1, 0.15) is 23.0 Å². The molecule has 2 heterocycles. The van der Waals surface area contributed by atoms with Crippen molar-refractivity contribution in [3.63, 3.8) is 0 Å². The Labute approximate surface area is 190 Å². The highest BCUT2D eigenvalue weighted by Gasteiger charge is 2.26. The molecule has 0 spiro atoms. The lowest BCUT2D eigenvalue weighted by Crippen LogP contribution is -2.35. The van der Waals surface area contributed by atoms with Crippen molar-refractivity contribution in [2.45, 2.75) is 13.5 Å². The van der Waals surface area contributed by atoms with E-state index in [0.717, 1.165) is 44.5 Å². The number of phenols is 2. The average molecular weight is 458 g/mol. The number of halogens is 1. The molecule has 3 aromatic rings. The Kier molecular flexibility index (Phi) is 6.64. The molecular formula is C23H24ClN3O5. The summed E-state index contributed by atoms with van der Waals surface area (Å²) in [6.45, 7) is 6.27. The van der Waals surface area contributed by atoms with Gasteiger partial charge in [0.1, 0.15) is 11.5 Å². The van der Waals surface area contributed by atoms with Gasteiger partial charge < -0.3 is 24.8 Å². The first kappa shape index (κ1) is 22.1. The smallest absolute Gasteiger partial charge is 0.274 e. The number of aromatic nitrogens is 1. The quantitative estimate of drug-likeness (QED) is 0.518. The van der Waals surface area contributed by atoms with E-state index in [-0.39, 0.29) is 33.5 Å². The molecule has 0 atom stereocenters. The van der Waals surface area contributed by atoms with Gasteiger partial charge >= 0.3 is 0 Å². The molecule has 0 aliphatic carbocycles. The molecule has 0 unspecified atom stereocenters. The third-order valence-corrected chi connectivity index (χ3v) is 5.68. The van der Waals surface area contributed by atoms with Crippen molar-refractivity contribution in [1.82, 2.24) is 15.4 Å². The zero-order valence-corrected chi connectivity index (χ0v) is 18.4. The van der Waals surface area contributed by atoms with Crippen LogP contribution in [-0.2, 0) is 11.3 Å². The number of carbonyl (C=O) groups is 1. The van der Waals surface area contributed by atoms with Gasteiger partial charge in [-0.1, -0.05) is 41.0 Å². The zero-order chi connectivity index (χ0) is 22.7. The number of morpholine rings is 1. The van der Waals surface area contributed by atoms with Crippen molar-refractivity contribution >= 4 is 17.5 Å². The van der Waals surface area contributed by atoms with E-state index in [1.54, 1.807) is 0 Å². The lowest BCUT2D eigenvalue weighted by molar-refractivity contribution is 0.0342. The molecule has 4 rings (SSSR count). The number of phenolic OH excluding ortho intramolecular Hbond substituents is 2. The minimum Gasteiger partial charge on any atom is -0.508 e. The van der Waals surface area contributed by atoms with Gasteiger partial charge in [0.05, 0.1) is 23.8 Å². The van der Waals surface area contributed by atoms with Gasteiger partial charge in [-0.25, -0.2) is 0 Å². The number of ether oxygens (including phenoxy) is 1. The SMILES string of the molecule is CCNC(=O)c1noc(-c2cc(O)cc(O)c2Cl)c1-c1ccc(CN2CCOCC2)cc1. The van der Waals surface area contributed by atoms with E-state index in [4.69, 9.17) is 20.9 Å². The van der Waals surface area contributed by atoms with Crippen LogP contribution in [0.2, 0.25) is 5.02 Å². The molecule has 1 aliphatic heterocycles. The maximum absolute atomic E-state index is 12.6. The van der Waals surface area contributed by atoms with Gasteiger partial charge in [-0.15, -0.1) is 0 Å². The third kappa shape index (κ3) is 4.57. The summed E-state index contributed by atoms with van der Waals surface area (Å²) in [6.07, 6.45) is 0. The van der Waals surface area contributed by atoms with Crippen LogP contribution in [0, 0.1) is 0 Å². The number of nitrogens with zero attached hydrogens (tertiary/aromatic N) is 2. The van der Waals surface area contributed by atoms with E-state index in [2.05, 4.69) is 15.4 Å². The Bertz CT molecular complexity index is 1110. The van der Waals surface area contributed by atoms with Crippen molar-refractivity contribution in [3.8, 4) is 33.9 Å². The van der Waals surface area contributed by atoms with E-state index < -0.39 is 5.91 Å². The second kappa shape index (κ2) is 9.60. The molecular weight excluding hydrogens is 434 g/mol. The van der Waals surface area contributed by atoms with Gasteiger partial charge in [0.25, 0.3) is 5.91 Å². The van der Waals surface area contributed by atoms with Crippen LogP contribution in [0.5, 0.6) is 11.5 Å². The van der Waals surface area contributed by atoms with Crippen LogP contribution in [0.15, 0.2) is 40.9 Å². The highest BCUT2D eigenvalue weighted by molar-refractivity contribution is 6.35. The molecule has 0 radical (unpaired) electrons. The summed E-state index contributed by atoms with van der Waals surface area (Å²) in [4.78, 5) is 15.0. The molecule has 2 aromatic carbocycles. The highest BCUT2D eigenvalue weighted by Crippen LogP contribution is 2.43. The fourth-order valence-corrected chi connectivity index (χ4v) is 3.89. The number of aromatic hydroxyl groups is 2. The average Bonchev–Trinajstić information content (AvgIpc) is 3.23. The summed E-state index contributed by atoms with van der Waals surface area (Å²) in [5, 5.41) is 26.7. The van der Waals surface area contributed by atoms with E-state index in [1.807, 2.05) is 31.2 Å². The van der Waals surface area contributed by atoms with Crippen LogP contribution < -0.4 is 5.32 Å². The van der Waals surface area contributed by atoms with E-state index in [9.17, 15) is 15.0 Å². The second-order valence-electron chi connectivity index (χ2n) is 7.51. The fourth-order valence-electron chi connectivity index (χ4n) is 3.69. The summed E-state index contributed by atoms with van der Waals surface area (Å²) in [5.41, 5.74) is 2.59. The molecule has 3 N–H and O–H groups in total. The number of rotatable bonds is 6. The molecule has 9 heteroatoms. The topological polar surface area (TPSA) is 108 Å². The first-order valence-corrected chi connectivity index (χ1v) is 10.7. The van der Waals surface area contributed by atoms with Gasteiger partial charge in [-0.3, -0.25) is 9.69 Å². The Morgan fingerprint density at radius 1 is 1.19 bits per heavy atom. The predicted molar refractivity (Wildman–Crippen MR) is 120 cm³/mol. The van der Waals surface area contributed by atoms with Crippen LogP contribution in [0.25, 0.3) is 22.5 Å². The van der Waals surface area contributed by atoms with Crippen molar-refractivity contribution in [2.24, 2.45) is 0 Å². The molecule has 8 nitrogen and oxygen atoms in total. The number of benzene rings is 2. The van der Waals surface area contributed by atoms with Crippen molar-refractivity contribution in [1.29, 1.82) is 0 Å². The first-order valence-electron chi connectivity index (χ1n) is 10.4. The summed E-state index contributed by atoms with van der Waals surface area (Å²) in [7, 11) is 0. The number of hydrogen-bond acceptors (Lipinski definition) is 7. The molecule has 1 aliphatic rings. The number of hydrogen-bond donors (Lipinski definition) is 3. The van der Waals surface area contributed by atoms with Crippen LogP contribution >= 0.6 is 11.6 Å². The van der Waals surface area contributed by atoms with Gasteiger partial charge in [0.15, 0.2) is 11.5 Å². The van der Waals surface area contributed by atoms with Crippen LogP contribution in [0.3, 0.4) is 0 Å². The lowest BCUT2D eigenvalue weighted by Gasteiger charge is -2.26. The normalized spacial score (nSPS) is 14.4. The lowest BCUT2D eigenvalue weighted by atomic mass is 9.97. The summed E-state index contributed by atoms with van der Waals surface area (Å²) < 4.78 is 10.9. The van der Waals surface area contributed by atoms with Gasteiger partial charge in [0, 0.05) is 37.8 Å². The number of nitrogens with one attached hydrogen (secondary N) is 1. The zero-order valence-electron chi connectivity index (χ0n) is 17.6. The molecule has 168 valence electrons. The monoisotopic (exact) mass is 457 g/mol. The molecule has 1 fully saturated rings. The first-order chi connectivity index (χ1) is 15.5. The Balaban J connectivity index is 1.75. The molecule has 1 amide bonds. The summed E-state index contributed by atoms with van der Waals surface area (Å²) >= 11 is 6.28. The fraction of sp³-hybridized carbons (Fsp3) is 0.304. The number of carbonyl (C=O) groups excluding carboxylic acids is 1. The number of amides is 1. The Hall–Kier alpha value is -3.07. The Morgan fingerprint density at radius 2 is 1.91 bits per heavy atom. The van der Waals surface area contributed by atoms with Gasteiger partial charge in [-0.2, -0.15) is 0 Å².